The van der Waals surface area contributed by atoms with Crippen LogP contribution in [0.4, 0.5) is 10.7 Å². The second kappa shape index (κ2) is 4.19. The maximum atomic E-state index is 11.3. The first-order chi connectivity index (χ1) is 6.65. The molecule has 0 atom stereocenters. The summed E-state index contributed by atoms with van der Waals surface area (Å²) in [5, 5.41) is 3.61. The zero-order valence-electron chi connectivity index (χ0n) is 8.21. The normalized spacial score (nSPS) is 9.64. The minimum Gasteiger partial charge on any atom is -0.492 e. The number of ether oxygens (including phenoxy) is 2. The molecule has 6 heteroatoms. The summed E-state index contributed by atoms with van der Waals surface area (Å²) < 4.78 is 9.64. The number of nitrogens with two attached hydrogens (primary N) is 1. The lowest BCUT2D eigenvalue weighted by Gasteiger charge is -2.01. The molecule has 0 fully saturated rings. The lowest BCUT2D eigenvalue weighted by atomic mass is 10.3. The fraction of sp³-hybridized carbons (Fsp3) is 0.375. The molecule has 0 aliphatic rings. The van der Waals surface area contributed by atoms with Crippen molar-refractivity contribution in [2.45, 2.75) is 0 Å². The van der Waals surface area contributed by atoms with Crippen LogP contribution in [0.2, 0.25) is 0 Å². The van der Waals surface area contributed by atoms with Crippen molar-refractivity contribution in [1.29, 1.82) is 0 Å². The second-order valence-electron chi connectivity index (χ2n) is 2.45. The van der Waals surface area contributed by atoms with E-state index in [0.29, 0.717) is 21.3 Å². The highest BCUT2D eigenvalue weighted by Crippen LogP contribution is 2.42. The Kier molecular flexibility index (Phi) is 3.19. The van der Waals surface area contributed by atoms with Crippen LogP contribution < -0.4 is 15.8 Å². The van der Waals surface area contributed by atoms with Crippen LogP contribution in [-0.4, -0.2) is 27.2 Å². The number of methoxy groups -OCH3 is 2. The molecule has 0 amide bonds. The standard InChI is InChI=1S/C8H12N2O3S/c1-10-7-5(12-2)4(9)6(14-7)8(11)13-3/h10H,9H2,1-3H3. The number of hydrogen-bond acceptors (Lipinski definition) is 6. The van der Waals surface area contributed by atoms with Crippen molar-refractivity contribution in [2.75, 3.05) is 32.3 Å². The first-order valence-corrected chi connectivity index (χ1v) is 4.69. The van der Waals surface area contributed by atoms with Gasteiger partial charge in [-0.3, -0.25) is 0 Å². The van der Waals surface area contributed by atoms with Crippen LogP contribution in [0.1, 0.15) is 9.67 Å². The van der Waals surface area contributed by atoms with Crippen molar-refractivity contribution in [3.8, 4) is 5.75 Å². The molecule has 3 N–H and O–H groups in total. The molecule has 0 aliphatic carbocycles. The number of rotatable bonds is 3. The third kappa shape index (κ3) is 1.60. The van der Waals surface area contributed by atoms with Gasteiger partial charge < -0.3 is 20.5 Å². The minimum atomic E-state index is -0.452. The van der Waals surface area contributed by atoms with E-state index in [-0.39, 0.29) is 0 Å². The van der Waals surface area contributed by atoms with Crippen LogP contribution in [0.25, 0.3) is 0 Å². The average molecular weight is 216 g/mol. The highest BCUT2D eigenvalue weighted by atomic mass is 32.1. The lowest BCUT2D eigenvalue weighted by Crippen LogP contribution is -2.02. The van der Waals surface area contributed by atoms with Gasteiger partial charge in [-0.05, 0) is 0 Å². The molecule has 0 aromatic carbocycles. The van der Waals surface area contributed by atoms with Gasteiger partial charge in [0.2, 0.25) is 0 Å². The third-order valence-electron chi connectivity index (χ3n) is 1.70. The summed E-state index contributed by atoms with van der Waals surface area (Å²) in [4.78, 5) is 11.6. The Hall–Kier alpha value is -1.43. The highest BCUT2D eigenvalue weighted by molar-refractivity contribution is 7.19. The van der Waals surface area contributed by atoms with Gasteiger partial charge in [0.05, 0.1) is 14.2 Å². The largest absolute Gasteiger partial charge is 0.492 e. The molecule has 1 rings (SSSR count). The molecule has 1 heterocycles. The third-order valence-corrected chi connectivity index (χ3v) is 2.89. The number of esters is 1. The maximum Gasteiger partial charge on any atom is 0.350 e. The number of hydrogen-bond donors (Lipinski definition) is 2. The van der Waals surface area contributed by atoms with E-state index >= 15 is 0 Å². The summed E-state index contributed by atoms with van der Waals surface area (Å²) in [7, 11) is 4.54. The van der Waals surface area contributed by atoms with Gasteiger partial charge in [-0.1, -0.05) is 0 Å². The molecule has 5 nitrogen and oxygen atoms in total. The summed E-state index contributed by atoms with van der Waals surface area (Å²) in [6.07, 6.45) is 0. The van der Waals surface area contributed by atoms with Crippen molar-refractivity contribution < 1.29 is 14.3 Å². The van der Waals surface area contributed by atoms with Crippen molar-refractivity contribution in [3.63, 3.8) is 0 Å². The number of carbonyl (C=O) groups is 1. The van der Waals surface area contributed by atoms with E-state index in [9.17, 15) is 4.79 Å². The molecule has 14 heavy (non-hydrogen) atoms. The maximum absolute atomic E-state index is 11.3. The van der Waals surface area contributed by atoms with E-state index < -0.39 is 5.97 Å². The molecule has 0 radical (unpaired) electrons. The molecule has 0 unspecified atom stereocenters. The predicted octanol–water partition coefficient (Wildman–Crippen LogP) is 1.17. The Morgan fingerprint density at radius 3 is 2.50 bits per heavy atom. The quantitative estimate of drug-likeness (QED) is 0.742. The number of carbonyl (C=O) groups excluding carboxylic acids is 1. The van der Waals surface area contributed by atoms with Crippen molar-refractivity contribution in [3.05, 3.63) is 4.88 Å². The van der Waals surface area contributed by atoms with Gasteiger partial charge in [0, 0.05) is 7.05 Å². The first kappa shape index (κ1) is 10.6. The first-order valence-electron chi connectivity index (χ1n) is 3.88. The Labute approximate surface area is 85.8 Å². The van der Waals surface area contributed by atoms with Crippen molar-refractivity contribution in [1.82, 2.24) is 0 Å². The number of nitrogens with one attached hydrogen (secondary N) is 1. The Morgan fingerprint density at radius 2 is 2.14 bits per heavy atom. The second-order valence-corrected chi connectivity index (χ2v) is 3.47. The summed E-state index contributed by atoms with van der Waals surface area (Å²) in [5.41, 5.74) is 6.02. The van der Waals surface area contributed by atoms with Crippen molar-refractivity contribution in [2.24, 2.45) is 0 Å². The van der Waals surface area contributed by atoms with E-state index in [4.69, 9.17) is 10.5 Å². The zero-order valence-corrected chi connectivity index (χ0v) is 9.03. The van der Waals surface area contributed by atoms with Crippen molar-refractivity contribution >= 4 is 28.0 Å². The molecule has 0 bridgehead atoms. The summed E-state index contributed by atoms with van der Waals surface area (Å²) in [6.45, 7) is 0. The molecule has 78 valence electrons. The van der Waals surface area contributed by atoms with E-state index in [1.165, 1.54) is 25.6 Å². The molecule has 1 aromatic heterocycles. The van der Waals surface area contributed by atoms with Gasteiger partial charge in [-0.15, -0.1) is 11.3 Å². The number of anilines is 2. The number of thiophene rings is 1. The van der Waals surface area contributed by atoms with Gasteiger partial charge in [0.25, 0.3) is 0 Å². The summed E-state index contributed by atoms with van der Waals surface area (Å²) in [6, 6.07) is 0. The van der Waals surface area contributed by atoms with Gasteiger partial charge in [0.1, 0.15) is 15.6 Å². The fourth-order valence-electron chi connectivity index (χ4n) is 1.04. The molecule has 0 saturated heterocycles. The summed E-state index contributed by atoms with van der Waals surface area (Å²) >= 11 is 1.21. The Morgan fingerprint density at radius 1 is 1.50 bits per heavy atom. The minimum absolute atomic E-state index is 0.314. The average Bonchev–Trinajstić information content (AvgIpc) is 2.53. The van der Waals surface area contributed by atoms with Crippen LogP contribution in [0, 0.1) is 0 Å². The van der Waals surface area contributed by atoms with E-state index in [0.717, 1.165) is 0 Å². The summed E-state index contributed by atoms with van der Waals surface area (Å²) in [5.74, 6) is 0.0326. The fourth-order valence-corrected chi connectivity index (χ4v) is 2.00. The van der Waals surface area contributed by atoms with Gasteiger partial charge in [0.15, 0.2) is 5.75 Å². The van der Waals surface area contributed by atoms with Crippen LogP contribution in [0.15, 0.2) is 0 Å². The molecular formula is C8H12N2O3S. The molecule has 0 aliphatic heterocycles. The Bertz CT molecular complexity index is 349. The number of nitrogen functional groups attached to an aromatic ring is 1. The van der Waals surface area contributed by atoms with Gasteiger partial charge >= 0.3 is 5.97 Å². The highest BCUT2D eigenvalue weighted by Gasteiger charge is 2.21. The monoisotopic (exact) mass is 216 g/mol. The Balaban J connectivity index is 3.20. The topological polar surface area (TPSA) is 73.6 Å². The van der Waals surface area contributed by atoms with Gasteiger partial charge in [-0.25, -0.2) is 4.79 Å². The van der Waals surface area contributed by atoms with Crippen LogP contribution >= 0.6 is 11.3 Å². The van der Waals surface area contributed by atoms with Crippen LogP contribution in [-0.2, 0) is 4.74 Å². The SMILES string of the molecule is CNc1sc(C(=O)OC)c(N)c1OC. The molecule has 1 aromatic rings. The van der Waals surface area contributed by atoms with Crippen LogP contribution in [0.5, 0.6) is 5.75 Å². The predicted molar refractivity (Wildman–Crippen MR) is 56.2 cm³/mol. The van der Waals surface area contributed by atoms with Crippen LogP contribution in [0.3, 0.4) is 0 Å². The van der Waals surface area contributed by atoms with E-state index in [2.05, 4.69) is 10.1 Å². The van der Waals surface area contributed by atoms with E-state index in [1.54, 1.807) is 7.05 Å². The molecule has 0 saturated carbocycles. The van der Waals surface area contributed by atoms with Gasteiger partial charge in [-0.2, -0.15) is 0 Å². The molecular weight excluding hydrogens is 204 g/mol. The smallest absolute Gasteiger partial charge is 0.350 e. The molecule has 0 spiro atoms. The van der Waals surface area contributed by atoms with E-state index in [1.807, 2.05) is 0 Å². The lowest BCUT2D eigenvalue weighted by molar-refractivity contribution is 0.0607. The zero-order chi connectivity index (χ0) is 10.7.